The van der Waals surface area contributed by atoms with E-state index in [2.05, 4.69) is 15.1 Å². The van der Waals surface area contributed by atoms with E-state index in [4.69, 9.17) is 9.15 Å². The van der Waals surface area contributed by atoms with Crippen LogP contribution >= 0.6 is 11.3 Å². The summed E-state index contributed by atoms with van der Waals surface area (Å²) in [5.74, 6) is 0.694. The van der Waals surface area contributed by atoms with Crippen LogP contribution in [0.3, 0.4) is 0 Å². The zero-order chi connectivity index (χ0) is 18.1. The molecule has 140 valence electrons. The smallest absolute Gasteiger partial charge is 0.318 e. The van der Waals surface area contributed by atoms with Crippen LogP contribution in [0.25, 0.3) is 0 Å². The Hall–Kier alpha value is -1.93. The Balaban J connectivity index is 1.53. The van der Waals surface area contributed by atoms with Crippen molar-refractivity contribution in [2.45, 2.75) is 26.7 Å². The van der Waals surface area contributed by atoms with E-state index in [9.17, 15) is 4.79 Å². The number of thiophene rings is 1. The zero-order valence-corrected chi connectivity index (χ0v) is 16.0. The first-order valence-electron chi connectivity index (χ1n) is 9.02. The van der Waals surface area contributed by atoms with Gasteiger partial charge in [0.15, 0.2) is 0 Å². The van der Waals surface area contributed by atoms with Gasteiger partial charge in [0, 0.05) is 38.5 Å². The highest BCUT2D eigenvalue weighted by Gasteiger charge is 2.41. The van der Waals surface area contributed by atoms with Gasteiger partial charge in [0.25, 0.3) is 5.91 Å². The summed E-state index contributed by atoms with van der Waals surface area (Å²) in [4.78, 5) is 17.8. The second kappa shape index (κ2) is 7.00. The molecule has 2 aromatic heterocycles. The van der Waals surface area contributed by atoms with E-state index < -0.39 is 0 Å². The van der Waals surface area contributed by atoms with Crippen molar-refractivity contribution >= 4 is 23.3 Å². The van der Waals surface area contributed by atoms with Crippen LogP contribution in [0.15, 0.2) is 15.9 Å². The van der Waals surface area contributed by atoms with Crippen LogP contribution in [0.5, 0.6) is 0 Å². The van der Waals surface area contributed by atoms with E-state index in [0.29, 0.717) is 31.7 Å². The number of aryl methyl sites for hydroxylation is 2. The number of hydrogen-bond acceptors (Lipinski definition) is 7. The molecule has 7 nitrogen and oxygen atoms in total. The molecule has 4 rings (SSSR count). The van der Waals surface area contributed by atoms with Gasteiger partial charge in [-0.25, -0.2) is 0 Å². The summed E-state index contributed by atoms with van der Waals surface area (Å²) in [6, 6.07) is 2.52. The molecule has 0 aliphatic carbocycles. The SMILES string of the molecule is Cc1csc(C(=O)N2CCCC3(COCCN(c4nnc(C)o4)C3)C2)c1. The summed E-state index contributed by atoms with van der Waals surface area (Å²) in [5.41, 5.74) is 1.04. The van der Waals surface area contributed by atoms with E-state index in [1.54, 1.807) is 6.92 Å². The molecule has 2 aliphatic rings. The lowest BCUT2D eigenvalue weighted by molar-refractivity contribution is 0.0136. The molecule has 0 aromatic carbocycles. The predicted octanol–water partition coefficient (Wildman–Crippen LogP) is 2.51. The van der Waals surface area contributed by atoms with Gasteiger partial charge in [-0.1, -0.05) is 5.10 Å². The number of ether oxygens (including phenoxy) is 1. The van der Waals surface area contributed by atoms with Crippen LogP contribution in [-0.4, -0.2) is 60.4 Å². The van der Waals surface area contributed by atoms with Crippen molar-refractivity contribution in [1.82, 2.24) is 15.1 Å². The molecule has 1 unspecified atom stereocenters. The van der Waals surface area contributed by atoms with Crippen LogP contribution in [-0.2, 0) is 4.74 Å². The summed E-state index contributed by atoms with van der Waals surface area (Å²) < 4.78 is 11.5. The second-order valence-corrected chi connectivity index (χ2v) is 8.31. The maximum absolute atomic E-state index is 12.9. The monoisotopic (exact) mass is 376 g/mol. The Kier molecular flexibility index (Phi) is 4.71. The fourth-order valence-corrected chi connectivity index (χ4v) is 4.76. The summed E-state index contributed by atoms with van der Waals surface area (Å²) in [6.45, 7) is 8.09. The average molecular weight is 376 g/mol. The molecule has 0 saturated carbocycles. The molecule has 2 aliphatic heterocycles. The fraction of sp³-hybridized carbons (Fsp3) is 0.611. The number of piperidine rings is 1. The van der Waals surface area contributed by atoms with Gasteiger partial charge < -0.3 is 19.0 Å². The molecular weight excluding hydrogens is 352 g/mol. The number of amides is 1. The highest BCUT2D eigenvalue weighted by molar-refractivity contribution is 7.12. The fourth-order valence-electron chi connectivity index (χ4n) is 3.90. The first kappa shape index (κ1) is 17.5. The van der Waals surface area contributed by atoms with Gasteiger partial charge in [-0.3, -0.25) is 4.79 Å². The van der Waals surface area contributed by atoms with E-state index in [1.165, 1.54) is 11.3 Å². The number of likely N-dealkylation sites (tertiary alicyclic amines) is 1. The molecule has 2 fully saturated rings. The molecule has 0 radical (unpaired) electrons. The minimum absolute atomic E-state index is 0.0981. The first-order chi connectivity index (χ1) is 12.5. The number of nitrogens with zero attached hydrogens (tertiary/aromatic N) is 4. The number of anilines is 1. The van der Waals surface area contributed by atoms with Crippen LogP contribution < -0.4 is 4.90 Å². The standard InChI is InChI=1S/C18H24N4O3S/c1-13-8-15(26-9-13)16(23)21-5-3-4-18(10-21)11-22(6-7-24-12-18)17-20-19-14(2)25-17/h8-9H,3-7,10-12H2,1-2H3. The predicted molar refractivity (Wildman–Crippen MR) is 98.7 cm³/mol. The topological polar surface area (TPSA) is 71.7 Å². The highest BCUT2D eigenvalue weighted by atomic mass is 32.1. The summed E-state index contributed by atoms with van der Waals surface area (Å²) >= 11 is 1.52. The molecule has 0 N–H and O–H groups in total. The van der Waals surface area contributed by atoms with E-state index in [0.717, 1.165) is 42.9 Å². The Morgan fingerprint density at radius 3 is 2.88 bits per heavy atom. The van der Waals surface area contributed by atoms with Crippen molar-refractivity contribution in [1.29, 1.82) is 0 Å². The van der Waals surface area contributed by atoms with Crippen molar-refractivity contribution < 1.29 is 13.9 Å². The zero-order valence-electron chi connectivity index (χ0n) is 15.2. The van der Waals surface area contributed by atoms with E-state index >= 15 is 0 Å². The number of carbonyl (C=O) groups excluding carboxylic acids is 1. The number of rotatable bonds is 2. The Labute approximate surface area is 156 Å². The normalized spacial score (nSPS) is 24.1. The Morgan fingerprint density at radius 1 is 1.27 bits per heavy atom. The third-order valence-corrected chi connectivity index (χ3v) is 6.15. The lowest BCUT2D eigenvalue weighted by Crippen LogP contribution is -2.52. The van der Waals surface area contributed by atoms with Crippen LogP contribution in [0, 0.1) is 19.3 Å². The number of carbonyl (C=O) groups is 1. The third-order valence-electron chi connectivity index (χ3n) is 5.12. The quantitative estimate of drug-likeness (QED) is 0.802. The minimum Gasteiger partial charge on any atom is -0.408 e. The molecule has 1 spiro atoms. The third kappa shape index (κ3) is 3.48. The molecule has 1 atom stereocenters. The van der Waals surface area contributed by atoms with E-state index in [1.807, 2.05) is 23.3 Å². The average Bonchev–Trinajstić information content (AvgIpc) is 3.20. The lowest BCUT2D eigenvalue weighted by Gasteiger charge is -2.43. The molecule has 1 amide bonds. The number of aromatic nitrogens is 2. The van der Waals surface area contributed by atoms with Gasteiger partial charge in [0.2, 0.25) is 5.89 Å². The molecule has 2 saturated heterocycles. The van der Waals surface area contributed by atoms with Crippen molar-refractivity contribution in [3.8, 4) is 0 Å². The maximum Gasteiger partial charge on any atom is 0.318 e. The largest absolute Gasteiger partial charge is 0.408 e. The molecule has 8 heteroatoms. The molecular formula is C18H24N4O3S. The highest BCUT2D eigenvalue weighted by Crippen LogP contribution is 2.35. The Bertz CT molecular complexity index is 789. The number of hydrogen-bond donors (Lipinski definition) is 0. The van der Waals surface area contributed by atoms with Gasteiger partial charge >= 0.3 is 6.01 Å². The van der Waals surface area contributed by atoms with Crippen molar-refractivity contribution in [3.63, 3.8) is 0 Å². The van der Waals surface area contributed by atoms with Gasteiger partial charge in [-0.05, 0) is 36.8 Å². The summed E-state index contributed by atoms with van der Waals surface area (Å²) in [6.07, 6.45) is 2.01. The summed E-state index contributed by atoms with van der Waals surface area (Å²) in [5, 5.41) is 10.1. The van der Waals surface area contributed by atoms with Gasteiger partial charge in [-0.15, -0.1) is 16.4 Å². The van der Waals surface area contributed by atoms with Crippen LogP contribution in [0.1, 0.15) is 34.0 Å². The van der Waals surface area contributed by atoms with Crippen LogP contribution in [0.4, 0.5) is 6.01 Å². The van der Waals surface area contributed by atoms with Gasteiger partial charge in [-0.2, -0.15) is 0 Å². The van der Waals surface area contributed by atoms with E-state index in [-0.39, 0.29) is 11.3 Å². The lowest BCUT2D eigenvalue weighted by atomic mass is 9.80. The maximum atomic E-state index is 12.9. The molecule has 26 heavy (non-hydrogen) atoms. The van der Waals surface area contributed by atoms with Gasteiger partial charge in [0.1, 0.15) is 0 Å². The summed E-state index contributed by atoms with van der Waals surface area (Å²) in [7, 11) is 0. The Morgan fingerprint density at radius 2 is 2.15 bits per heavy atom. The van der Waals surface area contributed by atoms with Crippen molar-refractivity contribution in [2.75, 3.05) is 44.3 Å². The molecule has 2 aromatic rings. The molecule has 4 heterocycles. The minimum atomic E-state index is -0.0981. The van der Waals surface area contributed by atoms with Crippen molar-refractivity contribution in [3.05, 3.63) is 27.8 Å². The van der Waals surface area contributed by atoms with Crippen LogP contribution in [0.2, 0.25) is 0 Å². The second-order valence-electron chi connectivity index (χ2n) is 7.40. The first-order valence-corrected chi connectivity index (χ1v) is 9.90. The molecule has 0 bridgehead atoms. The van der Waals surface area contributed by atoms with Crippen molar-refractivity contribution in [2.24, 2.45) is 5.41 Å². The van der Waals surface area contributed by atoms with Gasteiger partial charge in [0.05, 0.1) is 18.1 Å².